The summed E-state index contributed by atoms with van der Waals surface area (Å²) in [6.07, 6.45) is 0. The molecule has 0 unspecified atom stereocenters. The molecule has 1 amide bonds. The zero-order chi connectivity index (χ0) is 18.4. The summed E-state index contributed by atoms with van der Waals surface area (Å²) in [6.45, 7) is 2.39. The quantitative estimate of drug-likeness (QED) is 0.619. The fourth-order valence-electron chi connectivity index (χ4n) is 2.34. The highest BCUT2D eigenvalue weighted by atomic mass is 32.1. The SMILES string of the molecule is CCOc1ccc(NC(=O)COc2ccc(-c3cscn3)cc2N)cc1. The van der Waals surface area contributed by atoms with Crippen LogP contribution in [0, 0.1) is 0 Å². The summed E-state index contributed by atoms with van der Waals surface area (Å²) in [5.41, 5.74) is 10.7. The van der Waals surface area contributed by atoms with Gasteiger partial charge in [-0.15, -0.1) is 11.3 Å². The third-order valence-corrected chi connectivity index (χ3v) is 4.13. The molecule has 134 valence electrons. The van der Waals surface area contributed by atoms with Crippen molar-refractivity contribution >= 4 is 28.6 Å². The van der Waals surface area contributed by atoms with Crippen molar-refractivity contribution in [1.29, 1.82) is 0 Å². The number of nitrogens with two attached hydrogens (primary N) is 1. The van der Waals surface area contributed by atoms with Gasteiger partial charge >= 0.3 is 0 Å². The van der Waals surface area contributed by atoms with Crippen LogP contribution in [-0.2, 0) is 4.79 Å². The van der Waals surface area contributed by atoms with Crippen LogP contribution in [0.25, 0.3) is 11.3 Å². The summed E-state index contributed by atoms with van der Waals surface area (Å²) in [5, 5.41) is 4.71. The van der Waals surface area contributed by atoms with E-state index >= 15 is 0 Å². The van der Waals surface area contributed by atoms with Gasteiger partial charge in [0.05, 0.1) is 23.5 Å². The number of aromatic nitrogens is 1. The molecule has 3 aromatic rings. The molecule has 0 saturated heterocycles. The van der Waals surface area contributed by atoms with Crippen LogP contribution in [0.15, 0.2) is 53.4 Å². The minimum absolute atomic E-state index is 0.131. The van der Waals surface area contributed by atoms with Crippen LogP contribution in [0.5, 0.6) is 11.5 Å². The van der Waals surface area contributed by atoms with E-state index in [2.05, 4.69) is 10.3 Å². The lowest BCUT2D eigenvalue weighted by molar-refractivity contribution is -0.118. The first-order chi connectivity index (χ1) is 12.7. The smallest absolute Gasteiger partial charge is 0.262 e. The molecule has 0 radical (unpaired) electrons. The van der Waals surface area contributed by atoms with Crippen molar-refractivity contribution in [1.82, 2.24) is 4.98 Å². The van der Waals surface area contributed by atoms with Crippen molar-refractivity contribution in [2.24, 2.45) is 0 Å². The average molecular weight is 369 g/mol. The summed E-state index contributed by atoms with van der Waals surface area (Å²) in [6, 6.07) is 12.6. The highest BCUT2D eigenvalue weighted by molar-refractivity contribution is 7.07. The predicted molar refractivity (Wildman–Crippen MR) is 104 cm³/mol. The van der Waals surface area contributed by atoms with Gasteiger partial charge < -0.3 is 20.5 Å². The van der Waals surface area contributed by atoms with Crippen molar-refractivity contribution in [3.63, 3.8) is 0 Å². The number of ether oxygens (including phenoxy) is 2. The maximum Gasteiger partial charge on any atom is 0.262 e. The number of nitrogens with one attached hydrogen (secondary N) is 1. The van der Waals surface area contributed by atoms with E-state index in [9.17, 15) is 4.79 Å². The number of carbonyl (C=O) groups excluding carboxylic acids is 1. The van der Waals surface area contributed by atoms with Crippen LogP contribution < -0.4 is 20.5 Å². The molecule has 2 aromatic carbocycles. The maximum absolute atomic E-state index is 12.0. The number of thiazole rings is 1. The Morgan fingerprint density at radius 1 is 1.19 bits per heavy atom. The first kappa shape index (κ1) is 17.8. The van der Waals surface area contributed by atoms with Gasteiger partial charge in [-0.3, -0.25) is 4.79 Å². The molecule has 3 N–H and O–H groups in total. The largest absolute Gasteiger partial charge is 0.494 e. The van der Waals surface area contributed by atoms with Gasteiger partial charge in [-0.05, 0) is 49.4 Å². The molecule has 0 saturated carbocycles. The number of carbonyl (C=O) groups is 1. The second kappa shape index (κ2) is 8.35. The van der Waals surface area contributed by atoms with Crippen LogP contribution in [0.4, 0.5) is 11.4 Å². The van der Waals surface area contributed by atoms with E-state index in [1.54, 1.807) is 41.9 Å². The van der Waals surface area contributed by atoms with Crippen molar-refractivity contribution in [2.75, 3.05) is 24.3 Å². The molecule has 1 heterocycles. The lowest BCUT2D eigenvalue weighted by atomic mass is 10.1. The highest BCUT2D eigenvalue weighted by Gasteiger charge is 2.08. The van der Waals surface area contributed by atoms with Crippen molar-refractivity contribution in [2.45, 2.75) is 6.92 Å². The topological polar surface area (TPSA) is 86.5 Å². The molecule has 0 aliphatic carbocycles. The molecule has 0 atom stereocenters. The Balaban J connectivity index is 1.55. The molecule has 0 bridgehead atoms. The van der Waals surface area contributed by atoms with Gasteiger partial charge in [0, 0.05) is 16.6 Å². The monoisotopic (exact) mass is 369 g/mol. The van der Waals surface area contributed by atoms with Crippen LogP contribution in [0.1, 0.15) is 6.92 Å². The third-order valence-electron chi connectivity index (χ3n) is 3.55. The second-order valence-electron chi connectivity index (χ2n) is 5.42. The Morgan fingerprint density at radius 3 is 2.65 bits per heavy atom. The Labute approximate surface area is 155 Å². The maximum atomic E-state index is 12.0. The lowest BCUT2D eigenvalue weighted by Gasteiger charge is -2.11. The Kier molecular flexibility index (Phi) is 5.70. The fourth-order valence-corrected chi connectivity index (χ4v) is 2.90. The first-order valence-electron chi connectivity index (χ1n) is 8.09. The molecule has 0 aliphatic rings. The van der Waals surface area contributed by atoms with Gasteiger partial charge in [-0.2, -0.15) is 0 Å². The zero-order valence-corrected chi connectivity index (χ0v) is 15.1. The molecule has 3 rings (SSSR count). The summed E-state index contributed by atoms with van der Waals surface area (Å²) in [4.78, 5) is 16.3. The van der Waals surface area contributed by atoms with Gasteiger partial charge in [0.15, 0.2) is 6.61 Å². The minimum Gasteiger partial charge on any atom is -0.494 e. The number of nitrogen functional groups attached to an aromatic ring is 1. The van der Waals surface area contributed by atoms with Crippen molar-refractivity contribution in [3.05, 3.63) is 53.4 Å². The second-order valence-corrected chi connectivity index (χ2v) is 6.14. The van der Waals surface area contributed by atoms with Crippen LogP contribution in [0.2, 0.25) is 0 Å². The van der Waals surface area contributed by atoms with Gasteiger partial charge in [0.1, 0.15) is 11.5 Å². The molecule has 26 heavy (non-hydrogen) atoms. The van der Waals surface area contributed by atoms with Crippen LogP contribution in [0.3, 0.4) is 0 Å². The lowest BCUT2D eigenvalue weighted by Crippen LogP contribution is -2.20. The van der Waals surface area contributed by atoms with E-state index in [-0.39, 0.29) is 12.5 Å². The molecule has 6 nitrogen and oxygen atoms in total. The third kappa shape index (κ3) is 4.52. The number of anilines is 2. The molecule has 0 aliphatic heterocycles. The number of benzene rings is 2. The summed E-state index contributed by atoms with van der Waals surface area (Å²) in [5.74, 6) is 0.956. The number of rotatable bonds is 7. The van der Waals surface area contributed by atoms with E-state index in [4.69, 9.17) is 15.2 Å². The van der Waals surface area contributed by atoms with Crippen LogP contribution >= 0.6 is 11.3 Å². The molecule has 0 spiro atoms. The minimum atomic E-state index is -0.267. The average Bonchev–Trinajstić information content (AvgIpc) is 3.17. The normalized spacial score (nSPS) is 10.3. The van der Waals surface area contributed by atoms with E-state index < -0.39 is 0 Å². The summed E-state index contributed by atoms with van der Waals surface area (Å²) < 4.78 is 10.9. The summed E-state index contributed by atoms with van der Waals surface area (Å²) >= 11 is 1.52. The van der Waals surface area contributed by atoms with E-state index in [0.29, 0.717) is 23.7 Å². The molecular formula is C19H19N3O3S. The number of nitrogens with zero attached hydrogens (tertiary/aromatic N) is 1. The highest BCUT2D eigenvalue weighted by Crippen LogP contribution is 2.28. The zero-order valence-electron chi connectivity index (χ0n) is 14.3. The predicted octanol–water partition coefficient (Wildman–Crippen LogP) is 3.81. The van der Waals surface area contributed by atoms with Gasteiger partial charge in [-0.25, -0.2) is 4.98 Å². The fraction of sp³-hybridized carbons (Fsp3) is 0.158. The van der Waals surface area contributed by atoms with E-state index in [1.807, 2.05) is 18.4 Å². The van der Waals surface area contributed by atoms with Crippen molar-refractivity contribution in [3.8, 4) is 22.8 Å². The van der Waals surface area contributed by atoms with E-state index in [1.165, 1.54) is 11.3 Å². The van der Waals surface area contributed by atoms with Gasteiger partial charge in [0.2, 0.25) is 0 Å². The Morgan fingerprint density at radius 2 is 2.00 bits per heavy atom. The molecule has 7 heteroatoms. The van der Waals surface area contributed by atoms with Crippen LogP contribution in [-0.4, -0.2) is 24.1 Å². The molecule has 0 fully saturated rings. The number of hydrogen-bond acceptors (Lipinski definition) is 6. The Bertz CT molecular complexity index is 864. The van der Waals surface area contributed by atoms with E-state index in [0.717, 1.165) is 17.0 Å². The van der Waals surface area contributed by atoms with Crippen molar-refractivity contribution < 1.29 is 14.3 Å². The van der Waals surface area contributed by atoms with Gasteiger partial charge in [0.25, 0.3) is 5.91 Å². The number of hydrogen-bond donors (Lipinski definition) is 2. The first-order valence-corrected chi connectivity index (χ1v) is 9.03. The number of amides is 1. The standard InChI is InChI=1S/C19H19N3O3S/c1-2-24-15-6-4-14(5-7-15)22-19(23)10-25-18-8-3-13(9-16(18)20)17-11-26-12-21-17/h3-9,11-12H,2,10,20H2,1H3,(H,22,23). The Hall–Kier alpha value is -3.06. The molecule has 1 aromatic heterocycles. The summed E-state index contributed by atoms with van der Waals surface area (Å²) in [7, 11) is 0. The van der Waals surface area contributed by atoms with Gasteiger partial charge in [-0.1, -0.05) is 0 Å². The molecular weight excluding hydrogens is 350 g/mol.